The Morgan fingerprint density at radius 1 is 1.57 bits per heavy atom. The van der Waals surface area contributed by atoms with Crippen LogP contribution in [0.2, 0.25) is 0 Å². The van der Waals surface area contributed by atoms with Crippen LogP contribution in [0.25, 0.3) is 0 Å². The van der Waals surface area contributed by atoms with E-state index in [1.165, 1.54) is 0 Å². The monoisotopic (exact) mass is 260 g/mol. The minimum absolute atomic E-state index is 0.165. The van der Waals surface area contributed by atoms with Crippen LogP contribution in [0.5, 0.6) is 0 Å². The van der Waals surface area contributed by atoms with Gasteiger partial charge in [0.15, 0.2) is 0 Å². The second-order valence-corrected chi connectivity index (χ2v) is 4.33. The summed E-state index contributed by atoms with van der Waals surface area (Å²) in [5.41, 5.74) is 0.715. The van der Waals surface area contributed by atoms with Crippen molar-refractivity contribution in [2.75, 3.05) is 0 Å². The van der Waals surface area contributed by atoms with Crippen molar-refractivity contribution in [1.29, 1.82) is 0 Å². The van der Waals surface area contributed by atoms with Gasteiger partial charge in [-0.3, -0.25) is 9.48 Å². The van der Waals surface area contributed by atoms with E-state index in [0.717, 1.165) is 4.47 Å². The molecule has 0 spiro atoms. The van der Waals surface area contributed by atoms with E-state index in [-0.39, 0.29) is 6.04 Å². The van der Waals surface area contributed by atoms with Gasteiger partial charge in [-0.2, -0.15) is 5.10 Å². The molecule has 1 aromatic rings. The standard InChI is InChI=1S/C9H13BrN2O2/c1-5(2)12-8(6(3)9(13)14)7(10)4-11-12/h4-6H,1-3H3,(H,13,14). The summed E-state index contributed by atoms with van der Waals surface area (Å²) >= 11 is 3.31. The molecule has 1 aromatic heterocycles. The molecule has 1 N–H and O–H groups in total. The lowest BCUT2D eigenvalue weighted by atomic mass is 10.1. The third kappa shape index (κ3) is 1.97. The van der Waals surface area contributed by atoms with Crippen molar-refractivity contribution in [3.8, 4) is 0 Å². The van der Waals surface area contributed by atoms with Gasteiger partial charge < -0.3 is 5.11 Å². The Bertz CT molecular complexity index is 347. The van der Waals surface area contributed by atoms with Gasteiger partial charge in [0.25, 0.3) is 0 Å². The Hall–Kier alpha value is -0.840. The number of carboxylic acid groups (broad SMARTS) is 1. The maximum atomic E-state index is 10.9. The van der Waals surface area contributed by atoms with Crippen LogP contribution in [0.3, 0.4) is 0 Å². The van der Waals surface area contributed by atoms with Crippen LogP contribution in [0.4, 0.5) is 0 Å². The first-order valence-electron chi connectivity index (χ1n) is 4.40. The predicted molar refractivity (Wildman–Crippen MR) is 56.4 cm³/mol. The van der Waals surface area contributed by atoms with Crippen molar-refractivity contribution in [3.63, 3.8) is 0 Å². The Kier molecular flexibility index (Phi) is 3.31. The van der Waals surface area contributed by atoms with E-state index in [0.29, 0.717) is 5.69 Å². The molecule has 0 aliphatic carbocycles. The summed E-state index contributed by atoms with van der Waals surface area (Å²) in [4.78, 5) is 10.9. The number of carbonyl (C=O) groups is 1. The molecule has 1 rings (SSSR count). The summed E-state index contributed by atoms with van der Waals surface area (Å²) in [6, 6.07) is 0.165. The van der Waals surface area contributed by atoms with Crippen molar-refractivity contribution < 1.29 is 9.90 Å². The van der Waals surface area contributed by atoms with E-state index in [9.17, 15) is 4.79 Å². The fraction of sp³-hybridized carbons (Fsp3) is 0.556. The Labute approximate surface area is 91.1 Å². The molecule has 14 heavy (non-hydrogen) atoms. The molecule has 1 heterocycles. The van der Waals surface area contributed by atoms with Crippen molar-refractivity contribution >= 4 is 21.9 Å². The van der Waals surface area contributed by atoms with Gasteiger partial charge in [-0.1, -0.05) is 0 Å². The van der Waals surface area contributed by atoms with Gasteiger partial charge in [0, 0.05) is 6.04 Å². The van der Waals surface area contributed by atoms with Crippen molar-refractivity contribution in [3.05, 3.63) is 16.4 Å². The van der Waals surface area contributed by atoms with E-state index in [2.05, 4.69) is 21.0 Å². The van der Waals surface area contributed by atoms with Crippen LogP contribution >= 0.6 is 15.9 Å². The summed E-state index contributed by atoms with van der Waals surface area (Å²) in [5, 5.41) is 13.0. The SMILES string of the molecule is CC(C(=O)O)c1c(Br)cnn1C(C)C. The first kappa shape index (κ1) is 11.2. The minimum atomic E-state index is -0.840. The second-order valence-electron chi connectivity index (χ2n) is 3.48. The number of carboxylic acids is 1. The highest BCUT2D eigenvalue weighted by Crippen LogP contribution is 2.27. The van der Waals surface area contributed by atoms with E-state index >= 15 is 0 Å². The third-order valence-electron chi connectivity index (χ3n) is 2.06. The molecule has 1 unspecified atom stereocenters. The fourth-order valence-corrected chi connectivity index (χ4v) is 1.90. The quantitative estimate of drug-likeness (QED) is 0.908. The molecule has 78 valence electrons. The smallest absolute Gasteiger partial charge is 0.312 e. The van der Waals surface area contributed by atoms with Gasteiger partial charge in [-0.15, -0.1) is 0 Å². The number of hydrogen-bond donors (Lipinski definition) is 1. The molecule has 0 amide bonds. The van der Waals surface area contributed by atoms with Crippen LogP contribution in [-0.4, -0.2) is 20.9 Å². The highest BCUT2D eigenvalue weighted by atomic mass is 79.9. The summed E-state index contributed by atoms with van der Waals surface area (Å²) in [6.45, 7) is 5.60. The molecule has 0 aliphatic rings. The first-order valence-corrected chi connectivity index (χ1v) is 5.20. The summed E-state index contributed by atoms with van der Waals surface area (Å²) in [6.07, 6.45) is 1.63. The Morgan fingerprint density at radius 3 is 2.57 bits per heavy atom. The van der Waals surface area contributed by atoms with Gasteiger partial charge in [-0.05, 0) is 36.7 Å². The lowest BCUT2D eigenvalue weighted by molar-refractivity contribution is -0.138. The first-order chi connectivity index (χ1) is 6.45. The molecule has 0 aliphatic heterocycles. The molecule has 5 heteroatoms. The molecular formula is C9H13BrN2O2. The number of hydrogen-bond acceptors (Lipinski definition) is 2. The number of nitrogens with zero attached hydrogens (tertiary/aromatic N) is 2. The molecule has 0 radical (unpaired) electrons. The van der Waals surface area contributed by atoms with Crippen LogP contribution in [0.15, 0.2) is 10.7 Å². The van der Waals surface area contributed by atoms with Crippen molar-refractivity contribution in [1.82, 2.24) is 9.78 Å². The molecule has 0 fully saturated rings. The van der Waals surface area contributed by atoms with Crippen LogP contribution < -0.4 is 0 Å². The van der Waals surface area contributed by atoms with E-state index in [1.807, 2.05) is 13.8 Å². The minimum Gasteiger partial charge on any atom is -0.481 e. The summed E-state index contributed by atoms with van der Waals surface area (Å²) in [5.74, 6) is -1.39. The Balaban J connectivity index is 3.17. The van der Waals surface area contributed by atoms with E-state index in [4.69, 9.17) is 5.11 Å². The lowest BCUT2D eigenvalue weighted by Crippen LogP contribution is -2.16. The lowest BCUT2D eigenvalue weighted by Gasteiger charge is -2.14. The van der Waals surface area contributed by atoms with Gasteiger partial charge in [0.1, 0.15) is 0 Å². The fourth-order valence-electron chi connectivity index (χ4n) is 1.28. The van der Waals surface area contributed by atoms with Crippen LogP contribution in [-0.2, 0) is 4.79 Å². The highest BCUT2D eigenvalue weighted by Gasteiger charge is 2.22. The molecular weight excluding hydrogens is 248 g/mol. The maximum absolute atomic E-state index is 10.9. The van der Waals surface area contributed by atoms with Gasteiger partial charge in [0.05, 0.1) is 22.3 Å². The van der Waals surface area contributed by atoms with Gasteiger partial charge >= 0.3 is 5.97 Å². The van der Waals surface area contributed by atoms with Gasteiger partial charge in [0.2, 0.25) is 0 Å². The van der Waals surface area contributed by atoms with Gasteiger partial charge in [-0.25, -0.2) is 0 Å². The van der Waals surface area contributed by atoms with Crippen molar-refractivity contribution in [2.45, 2.75) is 32.7 Å². The highest BCUT2D eigenvalue weighted by molar-refractivity contribution is 9.10. The topological polar surface area (TPSA) is 55.1 Å². The zero-order chi connectivity index (χ0) is 10.9. The van der Waals surface area contributed by atoms with E-state index in [1.54, 1.807) is 17.8 Å². The third-order valence-corrected chi connectivity index (χ3v) is 2.67. The normalized spacial score (nSPS) is 13.2. The summed E-state index contributed by atoms with van der Waals surface area (Å²) < 4.78 is 2.48. The molecule has 0 saturated heterocycles. The molecule has 0 saturated carbocycles. The number of halogens is 1. The maximum Gasteiger partial charge on any atom is 0.312 e. The average molecular weight is 261 g/mol. The van der Waals surface area contributed by atoms with Crippen molar-refractivity contribution in [2.24, 2.45) is 0 Å². The number of aliphatic carboxylic acids is 1. The zero-order valence-electron chi connectivity index (χ0n) is 8.36. The number of rotatable bonds is 3. The van der Waals surface area contributed by atoms with Crippen LogP contribution in [0.1, 0.15) is 38.4 Å². The number of aromatic nitrogens is 2. The van der Waals surface area contributed by atoms with E-state index < -0.39 is 11.9 Å². The Morgan fingerprint density at radius 2 is 2.14 bits per heavy atom. The zero-order valence-corrected chi connectivity index (χ0v) is 9.95. The van der Waals surface area contributed by atoms with Crippen LogP contribution in [0, 0.1) is 0 Å². The molecule has 1 atom stereocenters. The average Bonchev–Trinajstić information content (AvgIpc) is 2.45. The molecule has 0 aromatic carbocycles. The predicted octanol–water partition coefficient (Wildman–Crippen LogP) is 2.41. The molecule has 0 bridgehead atoms. The second kappa shape index (κ2) is 4.13. The summed E-state index contributed by atoms with van der Waals surface area (Å²) in [7, 11) is 0. The largest absolute Gasteiger partial charge is 0.481 e. The molecule has 4 nitrogen and oxygen atoms in total.